The highest BCUT2D eigenvalue weighted by Gasteiger charge is 2.51. The first-order chi connectivity index (χ1) is 7.05. The number of hydrogen-bond donors (Lipinski definition) is 1. The van der Waals surface area contributed by atoms with Crippen LogP contribution in [0.25, 0.3) is 0 Å². The van der Waals surface area contributed by atoms with Crippen LogP contribution >= 0.6 is 0 Å². The lowest BCUT2D eigenvalue weighted by Crippen LogP contribution is -2.50. The fourth-order valence-electron chi connectivity index (χ4n) is 1.20. The lowest BCUT2D eigenvalue weighted by Gasteiger charge is -2.20. The topological polar surface area (TPSA) is 89.7 Å². The molecule has 6 nitrogen and oxygen atoms in total. The average molecular weight is 219 g/mol. The summed E-state index contributed by atoms with van der Waals surface area (Å²) in [5, 5.41) is 19.8. The summed E-state index contributed by atoms with van der Waals surface area (Å²) >= 11 is 0. The number of carbonyl (C=O) groups excluding carboxylic acids is 1. The van der Waals surface area contributed by atoms with Crippen LogP contribution in [-0.4, -0.2) is 34.8 Å². The van der Waals surface area contributed by atoms with E-state index in [-0.39, 0.29) is 13.0 Å². The van der Waals surface area contributed by atoms with Gasteiger partial charge in [-0.1, -0.05) is 13.3 Å². The Morgan fingerprint density at radius 3 is 2.47 bits per heavy atom. The molecule has 0 bridgehead atoms. The number of rotatable bonds is 7. The number of aliphatic hydroxyl groups excluding tert-OH is 1. The maximum absolute atomic E-state index is 11.4. The lowest BCUT2D eigenvalue weighted by atomic mass is 9.94. The van der Waals surface area contributed by atoms with Crippen LogP contribution in [0, 0.1) is 10.1 Å². The molecule has 0 radical (unpaired) electrons. The van der Waals surface area contributed by atoms with Crippen molar-refractivity contribution < 1.29 is 19.6 Å². The number of nitro groups is 1. The molecule has 0 amide bonds. The first kappa shape index (κ1) is 13.8. The predicted molar refractivity (Wildman–Crippen MR) is 53.0 cm³/mol. The number of esters is 1. The number of carbonyl (C=O) groups is 1. The monoisotopic (exact) mass is 219 g/mol. The van der Waals surface area contributed by atoms with Crippen LogP contribution in [0.4, 0.5) is 0 Å². The summed E-state index contributed by atoms with van der Waals surface area (Å²) in [6, 6.07) is 0. The van der Waals surface area contributed by atoms with E-state index in [0.29, 0.717) is 6.42 Å². The Balaban J connectivity index is 4.79. The molecule has 1 atom stereocenters. The van der Waals surface area contributed by atoms with Crippen molar-refractivity contribution in [2.24, 2.45) is 0 Å². The maximum Gasteiger partial charge on any atom is 0.387 e. The molecule has 0 aliphatic rings. The van der Waals surface area contributed by atoms with Crippen molar-refractivity contribution in [3.8, 4) is 0 Å². The van der Waals surface area contributed by atoms with Crippen molar-refractivity contribution in [3.63, 3.8) is 0 Å². The number of nitrogens with zero attached hydrogens (tertiary/aromatic N) is 1. The fourth-order valence-corrected chi connectivity index (χ4v) is 1.20. The predicted octanol–water partition coefficient (Wildman–Crippen LogP) is 0.747. The van der Waals surface area contributed by atoms with Crippen molar-refractivity contribution in [2.45, 2.75) is 38.6 Å². The quantitative estimate of drug-likeness (QED) is 0.387. The van der Waals surface area contributed by atoms with Gasteiger partial charge in [-0.15, -0.1) is 0 Å². The Morgan fingerprint density at radius 2 is 2.13 bits per heavy atom. The van der Waals surface area contributed by atoms with Crippen LogP contribution < -0.4 is 0 Å². The standard InChI is InChI=1S/C9H17NO5/c1-3-5-6-9(7-11,10(13)14)8(12)15-4-2/h11H,3-7H2,1-2H3. The zero-order valence-electron chi connectivity index (χ0n) is 9.06. The molecule has 88 valence electrons. The van der Waals surface area contributed by atoms with Gasteiger partial charge in [-0.2, -0.15) is 0 Å². The molecule has 0 saturated heterocycles. The van der Waals surface area contributed by atoms with E-state index in [0.717, 1.165) is 6.42 Å². The first-order valence-corrected chi connectivity index (χ1v) is 4.97. The van der Waals surface area contributed by atoms with E-state index < -0.39 is 23.0 Å². The Kier molecular flexibility index (Phi) is 5.84. The van der Waals surface area contributed by atoms with Gasteiger partial charge < -0.3 is 9.84 Å². The minimum atomic E-state index is -1.98. The van der Waals surface area contributed by atoms with E-state index in [9.17, 15) is 14.9 Å². The molecule has 0 aliphatic heterocycles. The summed E-state index contributed by atoms with van der Waals surface area (Å²) in [5.74, 6) is -0.953. The number of ether oxygens (including phenoxy) is 1. The second kappa shape index (κ2) is 6.34. The highest BCUT2D eigenvalue weighted by Crippen LogP contribution is 2.20. The number of hydrogen-bond acceptors (Lipinski definition) is 5. The fraction of sp³-hybridized carbons (Fsp3) is 0.889. The van der Waals surface area contributed by atoms with E-state index in [2.05, 4.69) is 4.74 Å². The minimum Gasteiger partial charge on any atom is -0.461 e. The summed E-state index contributed by atoms with van der Waals surface area (Å²) in [4.78, 5) is 21.5. The van der Waals surface area contributed by atoms with Crippen LogP contribution in [0.1, 0.15) is 33.1 Å². The van der Waals surface area contributed by atoms with Crippen LogP contribution in [0.3, 0.4) is 0 Å². The molecule has 0 fully saturated rings. The smallest absolute Gasteiger partial charge is 0.387 e. The number of unbranched alkanes of at least 4 members (excludes halogenated alkanes) is 1. The third-order valence-corrected chi connectivity index (χ3v) is 2.21. The van der Waals surface area contributed by atoms with Crippen molar-refractivity contribution in [3.05, 3.63) is 10.1 Å². The molecule has 0 saturated carbocycles. The molecule has 1 unspecified atom stereocenters. The largest absolute Gasteiger partial charge is 0.461 e. The zero-order valence-corrected chi connectivity index (χ0v) is 9.06. The minimum absolute atomic E-state index is 0.00579. The summed E-state index contributed by atoms with van der Waals surface area (Å²) in [7, 11) is 0. The van der Waals surface area contributed by atoms with E-state index in [1.54, 1.807) is 6.92 Å². The summed E-state index contributed by atoms with van der Waals surface area (Å²) in [6.07, 6.45) is 1.22. The lowest BCUT2D eigenvalue weighted by molar-refractivity contribution is -0.560. The van der Waals surface area contributed by atoms with E-state index >= 15 is 0 Å². The van der Waals surface area contributed by atoms with E-state index in [4.69, 9.17) is 5.11 Å². The van der Waals surface area contributed by atoms with Gasteiger partial charge >= 0.3 is 11.5 Å². The van der Waals surface area contributed by atoms with Gasteiger partial charge in [0.25, 0.3) is 0 Å². The molecule has 0 aromatic heterocycles. The highest BCUT2D eigenvalue weighted by atomic mass is 16.6. The van der Waals surface area contributed by atoms with Gasteiger partial charge in [-0.3, -0.25) is 10.1 Å². The normalized spacial score (nSPS) is 14.3. The SMILES string of the molecule is CCCCC(CO)(C(=O)OCC)[N+](=O)[O-]. The molecule has 0 aromatic carbocycles. The Labute approximate surface area is 88.4 Å². The van der Waals surface area contributed by atoms with Gasteiger partial charge in [0.05, 0.1) is 6.61 Å². The van der Waals surface area contributed by atoms with Gasteiger partial charge in [-0.25, -0.2) is 4.79 Å². The molecule has 1 N–H and O–H groups in total. The van der Waals surface area contributed by atoms with Gasteiger partial charge in [0, 0.05) is 11.3 Å². The molecule has 0 aromatic rings. The molecule has 15 heavy (non-hydrogen) atoms. The zero-order chi connectivity index (χ0) is 11.9. The second-order valence-corrected chi connectivity index (χ2v) is 3.27. The first-order valence-electron chi connectivity index (χ1n) is 4.97. The van der Waals surface area contributed by atoms with Crippen molar-refractivity contribution >= 4 is 5.97 Å². The summed E-state index contributed by atoms with van der Waals surface area (Å²) < 4.78 is 4.62. The van der Waals surface area contributed by atoms with Gasteiger partial charge in [0.1, 0.15) is 6.61 Å². The molecule has 0 aliphatic carbocycles. The van der Waals surface area contributed by atoms with Crippen molar-refractivity contribution in [2.75, 3.05) is 13.2 Å². The van der Waals surface area contributed by atoms with Crippen LogP contribution in [-0.2, 0) is 9.53 Å². The van der Waals surface area contributed by atoms with E-state index in [1.165, 1.54) is 0 Å². The summed E-state index contributed by atoms with van der Waals surface area (Å²) in [6.45, 7) is 2.67. The third-order valence-electron chi connectivity index (χ3n) is 2.21. The van der Waals surface area contributed by atoms with Crippen LogP contribution in [0.5, 0.6) is 0 Å². The Hall–Kier alpha value is -1.17. The molecule has 6 heteroatoms. The van der Waals surface area contributed by atoms with Crippen molar-refractivity contribution in [1.29, 1.82) is 0 Å². The van der Waals surface area contributed by atoms with Gasteiger partial charge in [-0.05, 0) is 13.3 Å². The molecule has 0 heterocycles. The Morgan fingerprint density at radius 1 is 1.53 bits per heavy atom. The van der Waals surface area contributed by atoms with Crippen LogP contribution in [0.15, 0.2) is 0 Å². The highest BCUT2D eigenvalue weighted by molar-refractivity contribution is 5.79. The Bertz CT molecular complexity index is 231. The molecule has 0 spiro atoms. The van der Waals surface area contributed by atoms with Crippen molar-refractivity contribution in [1.82, 2.24) is 0 Å². The molecular formula is C9H17NO5. The second-order valence-electron chi connectivity index (χ2n) is 3.27. The van der Waals surface area contributed by atoms with Crippen LogP contribution in [0.2, 0.25) is 0 Å². The summed E-state index contributed by atoms with van der Waals surface area (Å²) in [5.41, 5.74) is -1.98. The number of aliphatic hydroxyl groups is 1. The molecular weight excluding hydrogens is 202 g/mol. The van der Waals surface area contributed by atoms with Gasteiger partial charge in [0.15, 0.2) is 0 Å². The third kappa shape index (κ3) is 3.16. The molecule has 0 rings (SSSR count). The average Bonchev–Trinajstić information content (AvgIpc) is 2.19. The maximum atomic E-state index is 11.4. The van der Waals surface area contributed by atoms with Gasteiger partial charge in [0.2, 0.25) is 0 Å². The van der Waals surface area contributed by atoms with E-state index in [1.807, 2.05) is 6.92 Å².